The number of allylic oxidation sites excluding steroid dienone is 3. The van der Waals surface area contributed by atoms with Crippen LogP contribution < -0.4 is 10.6 Å². The Hall–Kier alpha value is -2.65. The fourth-order valence-electron chi connectivity index (χ4n) is 4.17. The van der Waals surface area contributed by atoms with Crippen LogP contribution in [0.2, 0.25) is 0 Å². The van der Waals surface area contributed by atoms with Gasteiger partial charge in [0.05, 0.1) is 5.69 Å². The summed E-state index contributed by atoms with van der Waals surface area (Å²) >= 11 is 0.122. The number of rotatable bonds is 6. The molecule has 0 amide bonds. The number of likely N-dealkylation sites (N-methyl/N-ethyl adjacent to an activating group) is 1. The summed E-state index contributed by atoms with van der Waals surface area (Å²) in [7, 11) is 0. The number of aromatic nitrogens is 2. The van der Waals surface area contributed by atoms with E-state index in [9.17, 15) is 9.11 Å². The smallest absolute Gasteiger partial charge is 0.351 e. The van der Waals surface area contributed by atoms with E-state index in [1.165, 1.54) is 26.6 Å². The van der Waals surface area contributed by atoms with Gasteiger partial charge in [0.2, 0.25) is 10.8 Å². The van der Waals surface area contributed by atoms with Gasteiger partial charge in [0.25, 0.3) is 0 Å². The van der Waals surface area contributed by atoms with Crippen molar-refractivity contribution in [2.24, 2.45) is 0 Å². The first kappa shape index (κ1) is 21.2. The van der Waals surface area contributed by atoms with Crippen LogP contribution in [0.25, 0.3) is 11.3 Å². The molecule has 8 heteroatoms. The third-order valence-electron chi connectivity index (χ3n) is 5.68. The molecule has 1 atom stereocenters. The highest BCUT2D eigenvalue weighted by atomic mass is 32.2. The molecule has 1 unspecified atom stereocenters. The number of thiophene rings is 1. The average molecular weight is 466 g/mol. The van der Waals surface area contributed by atoms with E-state index in [2.05, 4.69) is 46.8 Å². The molecule has 3 aromatic rings. The first-order valence-electron chi connectivity index (χ1n) is 10.7. The Morgan fingerprint density at radius 3 is 2.97 bits per heavy atom. The lowest BCUT2D eigenvalue weighted by Crippen LogP contribution is -2.13. The van der Waals surface area contributed by atoms with Gasteiger partial charge in [-0.3, -0.25) is 0 Å². The van der Waals surface area contributed by atoms with Gasteiger partial charge in [0, 0.05) is 57.5 Å². The molecule has 164 valence electrons. The molecule has 4 N–H and O–H groups in total. The van der Waals surface area contributed by atoms with Crippen LogP contribution in [-0.4, -0.2) is 25.6 Å². The minimum Gasteiger partial charge on any atom is -0.386 e. The van der Waals surface area contributed by atoms with Gasteiger partial charge in [-0.1, -0.05) is 18.2 Å². The number of nitrogens with one attached hydrogen (secondary N) is 2. The van der Waals surface area contributed by atoms with Gasteiger partial charge < -0.3 is 10.6 Å². The van der Waals surface area contributed by atoms with E-state index in [4.69, 9.17) is 4.98 Å². The van der Waals surface area contributed by atoms with Crippen molar-refractivity contribution in [2.45, 2.75) is 37.0 Å². The van der Waals surface area contributed by atoms with Crippen LogP contribution in [0.5, 0.6) is 0 Å². The lowest BCUT2D eigenvalue weighted by atomic mass is 9.93. The number of hydrogen-bond donors (Lipinski definition) is 4. The summed E-state index contributed by atoms with van der Waals surface area (Å²) < 4.78 is 18.9. The Kier molecular flexibility index (Phi) is 6.01. The SMILES string of the molecule is CCNC1=CC(c2cc3c(s2)CCc2cnc(Nc4cccc([S+](O)O)c4)nc2-3)CC=C1. The van der Waals surface area contributed by atoms with E-state index in [0.29, 0.717) is 16.8 Å². The summed E-state index contributed by atoms with van der Waals surface area (Å²) in [5, 5.41) is 6.63. The van der Waals surface area contributed by atoms with Crippen molar-refractivity contribution in [3.05, 3.63) is 75.8 Å². The van der Waals surface area contributed by atoms with Crippen LogP contribution in [0, 0.1) is 0 Å². The van der Waals surface area contributed by atoms with E-state index in [-0.39, 0.29) is 0 Å². The maximum Gasteiger partial charge on any atom is 0.351 e. The molecule has 6 nitrogen and oxygen atoms in total. The highest BCUT2D eigenvalue weighted by Gasteiger charge is 2.24. The fraction of sp³-hybridized carbons (Fsp3) is 0.250. The minimum absolute atomic E-state index is 0.390. The lowest BCUT2D eigenvalue weighted by Gasteiger charge is -2.16. The van der Waals surface area contributed by atoms with Gasteiger partial charge in [-0.2, -0.15) is 9.11 Å². The third kappa shape index (κ3) is 4.31. The molecule has 2 heterocycles. The number of benzene rings is 1. The Balaban J connectivity index is 1.43. The molecule has 32 heavy (non-hydrogen) atoms. The second-order valence-electron chi connectivity index (χ2n) is 7.87. The van der Waals surface area contributed by atoms with Crippen molar-refractivity contribution in [1.29, 1.82) is 0 Å². The van der Waals surface area contributed by atoms with Crippen molar-refractivity contribution in [1.82, 2.24) is 15.3 Å². The number of fused-ring (bicyclic) bond motifs is 3. The molecule has 0 radical (unpaired) electrons. The van der Waals surface area contributed by atoms with Crippen LogP contribution in [-0.2, 0) is 24.3 Å². The fourth-order valence-corrected chi connectivity index (χ4v) is 5.85. The van der Waals surface area contributed by atoms with Crippen LogP contribution in [0.3, 0.4) is 0 Å². The normalized spacial score (nSPS) is 17.0. The highest BCUT2D eigenvalue weighted by Crippen LogP contribution is 2.42. The van der Waals surface area contributed by atoms with E-state index in [1.807, 2.05) is 23.6 Å². The van der Waals surface area contributed by atoms with Crippen molar-refractivity contribution < 1.29 is 9.11 Å². The lowest BCUT2D eigenvalue weighted by molar-refractivity contribution is 0.505. The summed E-state index contributed by atoms with van der Waals surface area (Å²) in [5.41, 5.74) is 5.29. The molecular formula is C24H25N4O2S2+. The molecule has 2 aliphatic carbocycles. The molecule has 2 aliphatic rings. The number of aryl methyl sites for hydroxylation is 2. The second-order valence-corrected chi connectivity index (χ2v) is 10.0. The molecule has 2 aromatic heterocycles. The summed E-state index contributed by atoms with van der Waals surface area (Å²) in [6, 6.07) is 9.32. The van der Waals surface area contributed by atoms with Gasteiger partial charge in [0.1, 0.15) is 0 Å². The van der Waals surface area contributed by atoms with E-state index in [1.54, 1.807) is 18.2 Å². The monoisotopic (exact) mass is 465 g/mol. The molecule has 1 aromatic carbocycles. The first-order valence-corrected chi connectivity index (χ1v) is 12.7. The standard InChI is InChI=1S/C24H25N4O2S2/c1-2-25-17-6-3-5-15(11-17)22-13-20-21(31-22)10-9-16-14-26-24(28-23(16)20)27-18-7-4-8-19(12-18)32(29)30/h3-4,6-8,11-15,25,29-30H,2,5,9-10H2,1H3,(H,26,27,28)/q+1. The molecule has 5 rings (SSSR count). The van der Waals surface area contributed by atoms with Crippen molar-refractivity contribution in [2.75, 3.05) is 11.9 Å². The maximum atomic E-state index is 9.45. The predicted octanol–water partition coefficient (Wildman–Crippen LogP) is 5.51. The zero-order valence-electron chi connectivity index (χ0n) is 17.7. The maximum absolute atomic E-state index is 9.45. The van der Waals surface area contributed by atoms with E-state index >= 15 is 0 Å². The quantitative estimate of drug-likeness (QED) is 0.359. The van der Waals surface area contributed by atoms with Crippen molar-refractivity contribution >= 4 is 34.4 Å². The Labute approximate surface area is 194 Å². The third-order valence-corrected chi connectivity index (χ3v) is 7.69. The minimum atomic E-state index is -1.78. The molecule has 0 bridgehead atoms. The van der Waals surface area contributed by atoms with Crippen LogP contribution in [0.15, 0.2) is 65.3 Å². The molecular weight excluding hydrogens is 440 g/mol. The topological polar surface area (TPSA) is 90.3 Å². The number of hydrogen-bond acceptors (Lipinski definition) is 7. The predicted molar refractivity (Wildman–Crippen MR) is 132 cm³/mol. The number of nitrogens with zero attached hydrogens (tertiary/aromatic N) is 2. The first-order chi connectivity index (χ1) is 15.6. The Morgan fingerprint density at radius 2 is 2.12 bits per heavy atom. The molecule has 0 aliphatic heterocycles. The van der Waals surface area contributed by atoms with Gasteiger partial charge in [-0.05, 0) is 50.0 Å². The van der Waals surface area contributed by atoms with Crippen LogP contribution in [0.4, 0.5) is 11.6 Å². The van der Waals surface area contributed by atoms with Crippen molar-refractivity contribution in [3.8, 4) is 11.3 Å². The Morgan fingerprint density at radius 1 is 1.22 bits per heavy atom. The van der Waals surface area contributed by atoms with Gasteiger partial charge >= 0.3 is 11.5 Å². The van der Waals surface area contributed by atoms with Gasteiger partial charge in [0.15, 0.2) is 0 Å². The average Bonchev–Trinajstić information content (AvgIpc) is 3.25. The summed E-state index contributed by atoms with van der Waals surface area (Å²) in [5.74, 6) is 0.896. The van der Waals surface area contributed by atoms with E-state index in [0.717, 1.165) is 37.2 Å². The zero-order valence-corrected chi connectivity index (χ0v) is 19.3. The van der Waals surface area contributed by atoms with Crippen LogP contribution in [0.1, 0.15) is 34.6 Å². The number of anilines is 2. The molecule has 0 spiro atoms. The second kappa shape index (κ2) is 9.07. The summed E-state index contributed by atoms with van der Waals surface area (Å²) in [6.45, 7) is 3.04. The largest absolute Gasteiger partial charge is 0.386 e. The summed E-state index contributed by atoms with van der Waals surface area (Å²) in [6.07, 6.45) is 11.6. The highest BCUT2D eigenvalue weighted by molar-refractivity contribution is 7.86. The summed E-state index contributed by atoms with van der Waals surface area (Å²) in [4.78, 5) is 12.6. The Bertz CT molecular complexity index is 1200. The van der Waals surface area contributed by atoms with Gasteiger partial charge in [-0.25, -0.2) is 9.97 Å². The van der Waals surface area contributed by atoms with Crippen LogP contribution >= 0.6 is 11.3 Å². The molecule has 0 saturated carbocycles. The van der Waals surface area contributed by atoms with E-state index < -0.39 is 11.5 Å². The molecule has 0 saturated heterocycles. The zero-order chi connectivity index (χ0) is 22.1. The van der Waals surface area contributed by atoms with Gasteiger partial charge in [-0.15, -0.1) is 11.3 Å². The molecule has 0 fully saturated rings. The van der Waals surface area contributed by atoms with Crippen molar-refractivity contribution in [3.63, 3.8) is 0 Å².